The van der Waals surface area contributed by atoms with Gasteiger partial charge >= 0.3 is 6.03 Å². The minimum atomic E-state index is -0.179. The Morgan fingerprint density at radius 2 is 2.05 bits per heavy atom. The van der Waals surface area contributed by atoms with Crippen molar-refractivity contribution in [2.75, 3.05) is 18.8 Å². The minimum absolute atomic E-state index is 0.00879. The molecule has 2 aliphatic rings. The molecule has 120 valence electrons. The van der Waals surface area contributed by atoms with Gasteiger partial charge in [-0.15, -0.1) is 11.8 Å². The lowest BCUT2D eigenvalue weighted by molar-refractivity contribution is 0.143. The highest BCUT2D eigenvalue weighted by atomic mass is 32.2. The Labute approximate surface area is 135 Å². The van der Waals surface area contributed by atoms with Crippen LogP contribution in [0.15, 0.2) is 23.1 Å². The second-order valence-corrected chi connectivity index (χ2v) is 7.75. The number of carbonyl (C=O) groups excluding carboxylic acids is 1. The number of likely N-dealkylation sites (tertiary alicyclic amines) is 1. The smallest absolute Gasteiger partial charge is 0.317 e. The number of hydrogen-bond donors (Lipinski definition) is 1. The van der Waals surface area contributed by atoms with E-state index in [9.17, 15) is 9.18 Å². The first-order valence-corrected chi connectivity index (χ1v) is 8.99. The van der Waals surface area contributed by atoms with Crippen molar-refractivity contribution in [3.05, 3.63) is 29.6 Å². The summed E-state index contributed by atoms with van der Waals surface area (Å²) in [4.78, 5) is 15.2. The van der Waals surface area contributed by atoms with E-state index < -0.39 is 0 Å². The van der Waals surface area contributed by atoms with Crippen LogP contribution in [0.3, 0.4) is 0 Å². The molecule has 3 rings (SSSR count). The zero-order valence-electron chi connectivity index (χ0n) is 13.1. The molecule has 3 atom stereocenters. The Morgan fingerprint density at radius 3 is 2.77 bits per heavy atom. The summed E-state index contributed by atoms with van der Waals surface area (Å²) < 4.78 is 13.9. The van der Waals surface area contributed by atoms with Gasteiger partial charge in [0.2, 0.25) is 0 Å². The van der Waals surface area contributed by atoms with E-state index in [2.05, 4.69) is 19.2 Å². The van der Waals surface area contributed by atoms with E-state index in [1.807, 2.05) is 11.0 Å². The van der Waals surface area contributed by atoms with Crippen LogP contribution in [0.2, 0.25) is 0 Å². The molecule has 2 aliphatic heterocycles. The second-order valence-electron chi connectivity index (χ2n) is 6.65. The van der Waals surface area contributed by atoms with Gasteiger partial charge in [-0.1, -0.05) is 26.0 Å². The molecule has 0 spiro atoms. The predicted octanol–water partition coefficient (Wildman–Crippen LogP) is 4.05. The molecular formula is C17H23FN2OS. The molecule has 1 N–H and O–H groups in total. The van der Waals surface area contributed by atoms with Gasteiger partial charge in [0, 0.05) is 23.7 Å². The lowest BCUT2D eigenvalue weighted by Gasteiger charge is -2.36. The molecule has 0 aliphatic carbocycles. The summed E-state index contributed by atoms with van der Waals surface area (Å²) in [6, 6.07) is 5.06. The van der Waals surface area contributed by atoms with Gasteiger partial charge in [0.05, 0.1) is 6.04 Å². The van der Waals surface area contributed by atoms with E-state index >= 15 is 0 Å². The van der Waals surface area contributed by atoms with E-state index in [0.29, 0.717) is 16.7 Å². The van der Waals surface area contributed by atoms with Gasteiger partial charge in [-0.3, -0.25) is 0 Å². The monoisotopic (exact) mass is 322 g/mol. The van der Waals surface area contributed by atoms with E-state index in [4.69, 9.17) is 0 Å². The van der Waals surface area contributed by atoms with Gasteiger partial charge < -0.3 is 10.2 Å². The predicted molar refractivity (Wildman–Crippen MR) is 87.5 cm³/mol. The standard InChI is InChI=1S/C17H23FN2OS/c1-11-8-12(2)10-20(9-11)17(21)19-15-6-7-22-16-13(15)4-3-5-14(16)18/h3-5,11-12,15H,6-10H2,1-2H3,(H,19,21). The van der Waals surface area contributed by atoms with Gasteiger partial charge in [0.15, 0.2) is 0 Å². The van der Waals surface area contributed by atoms with Crippen LogP contribution in [0.25, 0.3) is 0 Å². The fourth-order valence-electron chi connectivity index (χ4n) is 3.61. The van der Waals surface area contributed by atoms with E-state index in [1.54, 1.807) is 17.8 Å². The SMILES string of the molecule is CC1CC(C)CN(C(=O)NC2CCSc3c(F)cccc32)C1. The number of hydrogen-bond acceptors (Lipinski definition) is 2. The van der Waals surface area contributed by atoms with E-state index in [1.165, 1.54) is 12.5 Å². The number of amides is 2. The van der Waals surface area contributed by atoms with Crippen molar-refractivity contribution in [1.29, 1.82) is 0 Å². The largest absolute Gasteiger partial charge is 0.331 e. The highest BCUT2D eigenvalue weighted by Gasteiger charge is 2.29. The molecule has 0 bridgehead atoms. The molecule has 3 nitrogen and oxygen atoms in total. The first-order valence-electron chi connectivity index (χ1n) is 8.01. The molecule has 0 saturated carbocycles. The van der Waals surface area contributed by atoms with Crippen LogP contribution in [0.4, 0.5) is 9.18 Å². The molecule has 2 amide bonds. The van der Waals surface area contributed by atoms with Gasteiger partial charge in [-0.25, -0.2) is 9.18 Å². The maximum atomic E-state index is 13.9. The van der Waals surface area contributed by atoms with Crippen LogP contribution in [0, 0.1) is 17.7 Å². The maximum absolute atomic E-state index is 13.9. The Bertz CT molecular complexity index is 556. The van der Waals surface area contributed by atoms with Crippen LogP contribution in [-0.4, -0.2) is 29.8 Å². The summed E-state index contributed by atoms with van der Waals surface area (Å²) in [6.45, 7) is 6.01. The highest BCUT2D eigenvalue weighted by molar-refractivity contribution is 7.99. The average molecular weight is 322 g/mol. The summed E-state index contributed by atoms with van der Waals surface area (Å²) in [6.07, 6.45) is 2.03. The Kier molecular flexibility index (Phi) is 4.62. The first kappa shape index (κ1) is 15.7. The third-order valence-corrected chi connectivity index (χ3v) is 5.64. The molecule has 0 aromatic heterocycles. The number of nitrogens with zero attached hydrogens (tertiary/aromatic N) is 1. The number of carbonyl (C=O) groups is 1. The van der Waals surface area contributed by atoms with Crippen LogP contribution in [0.5, 0.6) is 0 Å². The topological polar surface area (TPSA) is 32.3 Å². The van der Waals surface area contributed by atoms with E-state index in [0.717, 1.165) is 30.8 Å². The van der Waals surface area contributed by atoms with Gasteiger partial charge in [-0.2, -0.15) is 0 Å². The second kappa shape index (κ2) is 6.49. The van der Waals surface area contributed by atoms with Crippen LogP contribution >= 0.6 is 11.8 Å². The molecule has 5 heteroatoms. The van der Waals surface area contributed by atoms with Crippen molar-refractivity contribution in [2.45, 2.75) is 37.6 Å². The molecule has 2 heterocycles. The highest BCUT2D eigenvalue weighted by Crippen LogP contribution is 2.37. The lowest BCUT2D eigenvalue weighted by Crippen LogP contribution is -2.48. The molecule has 1 fully saturated rings. The molecule has 1 saturated heterocycles. The van der Waals surface area contributed by atoms with Crippen molar-refractivity contribution >= 4 is 17.8 Å². The molecule has 0 radical (unpaired) electrons. The number of thioether (sulfide) groups is 1. The summed E-state index contributed by atoms with van der Waals surface area (Å²) >= 11 is 1.54. The average Bonchev–Trinajstić information content (AvgIpc) is 2.47. The summed E-state index contributed by atoms with van der Waals surface area (Å²) in [5.41, 5.74) is 0.919. The van der Waals surface area contributed by atoms with Gasteiger partial charge in [-0.05, 0) is 36.3 Å². The van der Waals surface area contributed by atoms with Crippen molar-refractivity contribution in [1.82, 2.24) is 10.2 Å². The molecule has 3 unspecified atom stereocenters. The Hall–Kier alpha value is -1.23. The molecule has 1 aromatic rings. The zero-order chi connectivity index (χ0) is 15.7. The Balaban J connectivity index is 1.72. The zero-order valence-corrected chi connectivity index (χ0v) is 14.0. The summed E-state index contributed by atoms with van der Waals surface area (Å²) in [5.74, 6) is 1.75. The maximum Gasteiger partial charge on any atom is 0.317 e. The number of urea groups is 1. The Morgan fingerprint density at radius 1 is 1.32 bits per heavy atom. The number of fused-ring (bicyclic) bond motifs is 1. The summed E-state index contributed by atoms with van der Waals surface area (Å²) in [5, 5.41) is 3.12. The minimum Gasteiger partial charge on any atom is -0.331 e. The number of halogens is 1. The molecule has 1 aromatic carbocycles. The van der Waals surface area contributed by atoms with E-state index in [-0.39, 0.29) is 17.9 Å². The fraction of sp³-hybridized carbons (Fsp3) is 0.588. The first-order chi connectivity index (χ1) is 10.5. The number of benzene rings is 1. The molecule has 22 heavy (non-hydrogen) atoms. The van der Waals surface area contributed by atoms with Crippen LogP contribution in [0.1, 0.15) is 38.3 Å². The van der Waals surface area contributed by atoms with Gasteiger partial charge in [0.1, 0.15) is 5.82 Å². The van der Waals surface area contributed by atoms with Crippen molar-refractivity contribution < 1.29 is 9.18 Å². The fourth-order valence-corrected chi connectivity index (χ4v) is 4.75. The molecular weight excluding hydrogens is 299 g/mol. The summed E-state index contributed by atoms with van der Waals surface area (Å²) in [7, 11) is 0. The number of piperidine rings is 1. The van der Waals surface area contributed by atoms with Crippen LogP contribution in [-0.2, 0) is 0 Å². The van der Waals surface area contributed by atoms with Crippen molar-refractivity contribution in [2.24, 2.45) is 11.8 Å². The van der Waals surface area contributed by atoms with Gasteiger partial charge in [0.25, 0.3) is 0 Å². The lowest BCUT2D eigenvalue weighted by atomic mass is 9.92. The number of nitrogens with one attached hydrogen (secondary N) is 1. The van der Waals surface area contributed by atoms with Crippen LogP contribution < -0.4 is 5.32 Å². The third-order valence-electron chi connectivity index (χ3n) is 4.48. The quantitative estimate of drug-likeness (QED) is 0.846. The van der Waals surface area contributed by atoms with Crippen molar-refractivity contribution in [3.63, 3.8) is 0 Å². The number of rotatable bonds is 1. The normalized spacial score (nSPS) is 28.1. The third kappa shape index (κ3) is 3.24. The van der Waals surface area contributed by atoms with Crippen molar-refractivity contribution in [3.8, 4) is 0 Å².